The summed E-state index contributed by atoms with van der Waals surface area (Å²) in [6.45, 7) is 5.74. The molecule has 1 rings (SSSR count). The Morgan fingerprint density at radius 2 is 2.00 bits per heavy atom. The molecule has 1 aliphatic rings. The number of likely N-dealkylation sites (N-methyl/N-ethyl adjacent to an activating group) is 1. The van der Waals surface area contributed by atoms with Crippen LogP contribution in [0.1, 0.15) is 6.92 Å². The van der Waals surface area contributed by atoms with E-state index >= 15 is 0 Å². The van der Waals surface area contributed by atoms with Gasteiger partial charge < -0.3 is 15.3 Å². The van der Waals surface area contributed by atoms with Crippen molar-refractivity contribution in [3.63, 3.8) is 0 Å². The second-order valence-corrected chi connectivity index (χ2v) is 3.34. The van der Waals surface area contributed by atoms with Crippen molar-refractivity contribution in [1.29, 1.82) is 0 Å². The van der Waals surface area contributed by atoms with Crippen LogP contribution in [0.2, 0.25) is 0 Å². The number of halogens is 3. The van der Waals surface area contributed by atoms with Crippen molar-refractivity contribution in [3.05, 3.63) is 0 Å². The maximum absolute atomic E-state index is 10.6. The molecular weight excluding hydrogens is 213 g/mol. The Hall–Kier alpha value is -0.820. The number of hydrogen-bond donors (Lipinski definition) is 2. The van der Waals surface area contributed by atoms with Gasteiger partial charge in [-0.25, -0.2) is 4.79 Å². The molecule has 15 heavy (non-hydrogen) atoms. The van der Waals surface area contributed by atoms with Gasteiger partial charge in [0.05, 0.1) is 0 Å². The zero-order valence-electron chi connectivity index (χ0n) is 8.64. The fourth-order valence-electron chi connectivity index (χ4n) is 0.943. The highest BCUT2D eigenvalue weighted by atomic mass is 19.4. The van der Waals surface area contributed by atoms with Crippen molar-refractivity contribution in [1.82, 2.24) is 10.2 Å². The van der Waals surface area contributed by atoms with Gasteiger partial charge in [-0.1, -0.05) is 0 Å². The molecule has 1 atom stereocenters. The van der Waals surface area contributed by atoms with Crippen LogP contribution in [0, 0.1) is 0 Å². The van der Waals surface area contributed by atoms with E-state index < -0.39 is 12.1 Å². The molecule has 0 amide bonds. The molecule has 90 valence electrons. The molecule has 1 aliphatic heterocycles. The molecule has 4 nitrogen and oxygen atoms in total. The molecule has 2 N–H and O–H groups in total. The molecule has 0 saturated carbocycles. The third kappa shape index (κ3) is 6.29. The fourth-order valence-corrected chi connectivity index (χ4v) is 0.943. The van der Waals surface area contributed by atoms with Gasteiger partial charge in [-0.3, -0.25) is 0 Å². The van der Waals surface area contributed by atoms with Crippen LogP contribution in [0.5, 0.6) is 0 Å². The van der Waals surface area contributed by atoms with Crippen LogP contribution in [0.4, 0.5) is 13.2 Å². The number of aliphatic carboxylic acids is 1. The van der Waals surface area contributed by atoms with Gasteiger partial charge in [0.25, 0.3) is 0 Å². The molecule has 1 saturated heterocycles. The van der Waals surface area contributed by atoms with Crippen LogP contribution in [0.25, 0.3) is 0 Å². The highest BCUT2D eigenvalue weighted by Crippen LogP contribution is 2.13. The largest absolute Gasteiger partial charge is 0.490 e. The highest BCUT2D eigenvalue weighted by molar-refractivity contribution is 5.73. The first-order chi connectivity index (χ1) is 6.75. The number of carboxylic acid groups (broad SMARTS) is 1. The number of piperazine rings is 1. The van der Waals surface area contributed by atoms with Crippen molar-refractivity contribution >= 4 is 5.97 Å². The smallest absolute Gasteiger partial charge is 0.475 e. The Morgan fingerprint density at radius 1 is 1.53 bits per heavy atom. The number of nitrogens with one attached hydrogen (secondary N) is 1. The minimum Gasteiger partial charge on any atom is -0.475 e. The van der Waals surface area contributed by atoms with Crippen LogP contribution in [-0.2, 0) is 4.79 Å². The van der Waals surface area contributed by atoms with E-state index in [9.17, 15) is 13.2 Å². The summed E-state index contributed by atoms with van der Waals surface area (Å²) in [6, 6.07) is 0.726. The SMILES string of the molecule is C[C@@H]1CNCCN1C.O=C(O)C(F)(F)F. The average molecular weight is 228 g/mol. The highest BCUT2D eigenvalue weighted by Gasteiger charge is 2.38. The predicted octanol–water partition coefficient (Wildman–Crippen LogP) is 0.543. The van der Waals surface area contributed by atoms with Crippen molar-refractivity contribution in [2.75, 3.05) is 26.7 Å². The average Bonchev–Trinajstić information content (AvgIpc) is 2.09. The molecule has 1 fully saturated rings. The van der Waals surface area contributed by atoms with Crippen LogP contribution in [0.15, 0.2) is 0 Å². The number of alkyl halides is 3. The number of nitrogens with zero attached hydrogens (tertiary/aromatic N) is 1. The molecule has 0 aliphatic carbocycles. The minimum absolute atomic E-state index is 0.726. The second-order valence-electron chi connectivity index (χ2n) is 3.34. The van der Waals surface area contributed by atoms with Crippen LogP contribution >= 0.6 is 0 Å². The Kier molecular flexibility index (Phi) is 5.59. The molecule has 7 heteroatoms. The summed E-state index contributed by atoms with van der Waals surface area (Å²) >= 11 is 0. The fraction of sp³-hybridized carbons (Fsp3) is 0.875. The van der Waals surface area contributed by atoms with E-state index in [1.807, 2.05) is 0 Å². The molecule has 0 aromatic rings. The van der Waals surface area contributed by atoms with E-state index in [-0.39, 0.29) is 0 Å². The summed E-state index contributed by atoms with van der Waals surface area (Å²) < 4.78 is 31.7. The molecule has 0 bridgehead atoms. The lowest BCUT2D eigenvalue weighted by atomic mass is 10.2. The molecule has 0 unspecified atom stereocenters. The molecule has 0 aromatic carbocycles. The van der Waals surface area contributed by atoms with Gasteiger partial charge in [0.2, 0.25) is 0 Å². The number of carboxylic acids is 1. The van der Waals surface area contributed by atoms with Gasteiger partial charge in [0, 0.05) is 25.7 Å². The summed E-state index contributed by atoms with van der Waals surface area (Å²) in [5.74, 6) is -2.76. The van der Waals surface area contributed by atoms with Crippen molar-refractivity contribution < 1.29 is 23.1 Å². The zero-order chi connectivity index (χ0) is 12.1. The van der Waals surface area contributed by atoms with Gasteiger partial charge in [-0.05, 0) is 14.0 Å². The summed E-state index contributed by atoms with van der Waals surface area (Å²) in [5, 5.41) is 10.4. The van der Waals surface area contributed by atoms with Crippen LogP contribution in [-0.4, -0.2) is 54.9 Å². The molecule has 0 radical (unpaired) electrons. The molecule has 0 aromatic heterocycles. The number of carbonyl (C=O) groups is 1. The third-order valence-corrected chi connectivity index (χ3v) is 2.08. The first-order valence-electron chi connectivity index (χ1n) is 4.46. The monoisotopic (exact) mass is 228 g/mol. The van der Waals surface area contributed by atoms with E-state index in [0.29, 0.717) is 0 Å². The summed E-state index contributed by atoms with van der Waals surface area (Å²) in [4.78, 5) is 11.3. The van der Waals surface area contributed by atoms with Gasteiger partial charge in [-0.15, -0.1) is 0 Å². The lowest BCUT2D eigenvalue weighted by Crippen LogP contribution is -2.47. The van der Waals surface area contributed by atoms with Crippen LogP contribution < -0.4 is 5.32 Å². The Balaban J connectivity index is 0.000000265. The Bertz CT molecular complexity index is 199. The van der Waals surface area contributed by atoms with Gasteiger partial charge in [0.15, 0.2) is 0 Å². The van der Waals surface area contributed by atoms with E-state index in [0.717, 1.165) is 19.1 Å². The number of hydrogen-bond acceptors (Lipinski definition) is 3. The number of rotatable bonds is 0. The van der Waals surface area contributed by atoms with Gasteiger partial charge in [-0.2, -0.15) is 13.2 Å². The van der Waals surface area contributed by atoms with Crippen molar-refractivity contribution in [2.24, 2.45) is 0 Å². The van der Waals surface area contributed by atoms with Gasteiger partial charge >= 0.3 is 12.1 Å². The van der Waals surface area contributed by atoms with E-state index in [1.165, 1.54) is 6.54 Å². The van der Waals surface area contributed by atoms with E-state index in [1.54, 1.807) is 0 Å². The predicted molar refractivity (Wildman–Crippen MR) is 48.7 cm³/mol. The first-order valence-corrected chi connectivity index (χ1v) is 4.46. The zero-order valence-corrected chi connectivity index (χ0v) is 8.64. The summed E-state index contributed by atoms with van der Waals surface area (Å²) in [6.07, 6.45) is -5.08. The van der Waals surface area contributed by atoms with Crippen molar-refractivity contribution in [3.8, 4) is 0 Å². The summed E-state index contributed by atoms with van der Waals surface area (Å²) in [7, 11) is 2.17. The lowest BCUT2D eigenvalue weighted by Gasteiger charge is -2.29. The van der Waals surface area contributed by atoms with Crippen LogP contribution in [0.3, 0.4) is 0 Å². The Morgan fingerprint density at radius 3 is 2.20 bits per heavy atom. The standard InChI is InChI=1S/C6H14N2.C2HF3O2/c1-6-5-7-3-4-8(6)2;3-2(4,5)1(6)7/h6-7H,3-5H2,1-2H3;(H,6,7)/t6-;/m1./s1. The molecule has 0 spiro atoms. The maximum Gasteiger partial charge on any atom is 0.490 e. The third-order valence-electron chi connectivity index (χ3n) is 2.08. The van der Waals surface area contributed by atoms with Crippen molar-refractivity contribution in [2.45, 2.75) is 19.1 Å². The topological polar surface area (TPSA) is 52.6 Å². The van der Waals surface area contributed by atoms with Gasteiger partial charge in [0.1, 0.15) is 0 Å². The molecular formula is C8H15F3N2O2. The van der Waals surface area contributed by atoms with E-state index in [2.05, 4.69) is 24.2 Å². The normalized spacial score (nSPS) is 22.9. The summed E-state index contributed by atoms with van der Waals surface area (Å²) in [5.41, 5.74) is 0. The van der Waals surface area contributed by atoms with E-state index in [4.69, 9.17) is 9.90 Å². The lowest BCUT2D eigenvalue weighted by molar-refractivity contribution is -0.192. The molecule has 1 heterocycles. The minimum atomic E-state index is -5.08. The maximum atomic E-state index is 10.6. The second kappa shape index (κ2) is 5.92. The quantitative estimate of drug-likeness (QED) is 0.635. The Labute approximate surface area is 86.1 Å². The first kappa shape index (κ1) is 14.2.